The second-order valence-corrected chi connectivity index (χ2v) is 3.12. The Morgan fingerprint density at radius 1 is 1.43 bits per heavy atom. The van der Waals surface area contributed by atoms with Gasteiger partial charge in [0.25, 0.3) is 0 Å². The van der Waals surface area contributed by atoms with Gasteiger partial charge in [0.15, 0.2) is 0 Å². The molecule has 2 rings (SSSR count). The van der Waals surface area contributed by atoms with Gasteiger partial charge in [-0.2, -0.15) is 0 Å². The molecule has 3 nitrogen and oxygen atoms in total. The van der Waals surface area contributed by atoms with Crippen LogP contribution in [0, 0.1) is 6.92 Å². The highest BCUT2D eigenvalue weighted by atomic mass is 16.1. The molecule has 0 saturated carbocycles. The molecular weight excluding hydrogens is 176 g/mol. The maximum absolute atomic E-state index is 10.6. The predicted octanol–water partition coefficient (Wildman–Crippen LogP) is 2.20. The second-order valence-electron chi connectivity index (χ2n) is 3.12. The minimum absolute atomic E-state index is 0.671. The number of aromatic nitrogens is 2. The molecule has 0 spiro atoms. The molecule has 1 heterocycles. The largest absolute Gasteiger partial charge is 0.348 e. The van der Waals surface area contributed by atoms with E-state index in [0.717, 1.165) is 23.2 Å². The number of H-pyrrole nitrogens is 1. The number of nitrogens with zero attached hydrogens (tertiary/aromatic N) is 1. The number of hydrogen-bond acceptors (Lipinski definition) is 2. The SMILES string of the molecule is Cc1[nH]cnc1-c1cccc(C=O)c1. The number of nitrogens with one attached hydrogen (secondary N) is 1. The summed E-state index contributed by atoms with van der Waals surface area (Å²) >= 11 is 0. The van der Waals surface area contributed by atoms with Crippen LogP contribution in [-0.4, -0.2) is 16.3 Å². The van der Waals surface area contributed by atoms with Crippen molar-refractivity contribution in [3.05, 3.63) is 41.9 Å². The lowest BCUT2D eigenvalue weighted by Crippen LogP contribution is -1.84. The number of carbonyl (C=O) groups is 1. The van der Waals surface area contributed by atoms with Gasteiger partial charge in [-0.15, -0.1) is 0 Å². The maximum atomic E-state index is 10.6. The smallest absolute Gasteiger partial charge is 0.150 e. The molecule has 14 heavy (non-hydrogen) atoms. The summed E-state index contributed by atoms with van der Waals surface area (Å²) in [5.74, 6) is 0. The quantitative estimate of drug-likeness (QED) is 0.731. The fourth-order valence-corrected chi connectivity index (χ4v) is 1.41. The van der Waals surface area contributed by atoms with E-state index >= 15 is 0 Å². The van der Waals surface area contributed by atoms with Gasteiger partial charge in [0, 0.05) is 16.8 Å². The number of carbonyl (C=O) groups excluding carboxylic acids is 1. The van der Waals surface area contributed by atoms with Crippen LogP contribution in [0.3, 0.4) is 0 Å². The predicted molar refractivity (Wildman–Crippen MR) is 54.1 cm³/mol. The molecule has 0 fully saturated rings. The Labute approximate surface area is 81.8 Å². The molecule has 0 atom stereocenters. The monoisotopic (exact) mass is 186 g/mol. The van der Waals surface area contributed by atoms with E-state index in [1.807, 2.05) is 25.1 Å². The summed E-state index contributed by atoms with van der Waals surface area (Å²) in [4.78, 5) is 17.8. The van der Waals surface area contributed by atoms with Gasteiger partial charge in [0.2, 0.25) is 0 Å². The number of aldehydes is 1. The lowest BCUT2D eigenvalue weighted by molar-refractivity contribution is 0.112. The Morgan fingerprint density at radius 2 is 2.29 bits per heavy atom. The summed E-state index contributed by atoms with van der Waals surface area (Å²) in [6.45, 7) is 1.95. The number of aryl methyl sites for hydroxylation is 1. The molecule has 0 aliphatic heterocycles. The first-order valence-electron chi connectivity index (χ1n) is 4.37. The molecular formula is C11H10N2O. The van der Waals surface area contributed by atoms with Gasteiger partial charge in [0.05, 0.1) is 12.0 Å². The van der Waals surface area contributed by atoms with Crippen LogP contribution in [0.1, 0.15) is 16.1 Å². The molecule has 0 unspecified atom stereocenters. The molecule has 0 radical (unpaired) electrons. The van der Waals surface area contributed by atoms with Crippen LogP contribution in [0.5, 0.6) is 0 Å². The van der Waals surface area contributed by atoms with Crippen LogP contribution < -0.4 is 0 Å². The van der Waals surface area contributed by atoms with Crippen molar-refractivity contribution < 1.29 is 4.79 Å². The molecule has 0 aliphatic rings. The Morgan fingerprint density at radius 3 is 2.93 bits per heavy atom. The summed E-state index contributed by atoms with van der Waals surface area (Å²) in [6.07, 6.45) is 2.49. The average molecular weight is 186 g/mol. The van der Waals surface area contributed by atoms with E-state index in [4.69, 9.17) is 0 Å². The third-order valence-electron chi connectivity index (χ3n) is 2.13. The van der Waals surface area contributed by atoms with Crippen molar-refractivity contribution in [2.45, 2.75) is 6.92 Å². The minimum Gasteiger partial charge on any atom is -0.348 e. The number of aromatic amines is 1. The Balaban J connectivity index is 2.52. The van der Waals surface area contributed by atoms with E-state index in [-0.39, 0.29) is 0 Å². The number of rotatable bonds is 2. The highest BCUT2D eigenvalue weighted by Crippen LogP contribution is 2.19. The first-order valence-corrected chi connectivity index (χ1v) is 4.37. The molecule has 3 heteroatoms. The zero-order valence-electron chi connectivity index (χ0n) is 7.82. The van der Waals surface area contributed by atoms with Gasteiger partial charge in [0.1, 0.15) is 6.29 Å². The fourth-order valence-electron chi connectivity index (χ4n) is 1.41. The topological polar surface area (TPSA) is 45.8 Å². The van der Waals surface area contributed by atoms with Gasteiger partial charge in [-0.1, -0.05) is 18.2 Å². The fraction of sp³-hybridized carbons (Fsp3) is 0.0909. The van der Waals surface area contributed by atoms with E-state index in [1.54, 1.807) is 12.4 Å². The van der Waals surface area contributed by atoms with E-state index < -0.39 is 0 Å². The van der Waals surface area contributed by atoms with Crippen LogP contribution >= 0.6 is 0 Å². The molecule has 1 aromatic carbocycles. The molecule has 70 valence electrons. The lowest BCUT2D eigenvalue weighted by atomic mass is 10.1. The van der Waals surface area contributed by atoms with Gasteiger partial charge in [-0.25, -0.2) is 4.98 Å². The maximum Gasteiger partial charge on any atom is 0.150 e. The minimum atomic E-state index is 0.671. The van der Waals surface area contributed by atoms with Crippen molar-refractivity contribution in [1.82, 2.24) is 9.97 Å². The van der Waals surface area contributed by atoms with Gasteiger partial charge >= 0.3 is 0 Å². The number of benzene rings is 1. The summed E-state index contributed by atoms with van der Waals surface area (Å²) in [6, 6.07) is 7.40. The molecule has 0 bridgehead atoms. The average Bonchev–Trinajstić information content (AvgIpc) is 2.65. The normalized spacial score (nSPS) is 10.1. The third-order valence-corrected chi connectivity index (χ3v) is 2.13. The Bertz CT molecular complexity index is 460. The van der Waals surface area contributed by atoms with Gasteiger partial charge < -0.3 is 4.98 Å². The van der Waals surface area contributed by atoms with Crippen LogP contribution in [-0.2, 0) is 0 Å². The van der Waals surface area contributed by atoms with E-state index in [1.165, 1.54) is 0 Å². The highest BCUT2D eigenvalue weighted by Gasteiger charge is 2.04. The zero-order valence-corrected chi connectivity index (χ0v) is 7.82. The highest BCUT2D eigenvalue weighted by molar-refractivity contribution is 5.78. The molecule has 0 saturated heterocycles. The van der Waals surface area contributed by atoms with Crippen molar-refractivity contribution >= 4 is 6.29 Å². The van der Waals surface area contributed by atoms with E-state index in [0.29, 0.717) is 5.56 Å². The van der Waals surface area contributed by atoms with Gasteiger partial charge in [-0.3, -0.25) is 4.79 Å². The van der Waals surface area contributed by atoms with Gasteiger partial charge in [-0.05, 0) is 13.0 Å². The lowest BCUT2D eigenvalue weighted by Gasteiger charge is -1.98. The van der Waals surface area contributed by atoms with E-state index in [9.17, 15) is 4.79 Å². The van der Waals surface area contributed by atoms with Crippen molar-refractivity contribution in [3.8, 4) is 11.3 Å². The van der Waals surface area contributed by atoms with Crippen molar-refractivity contribution in [2.24, 2.45) is 0 Å². The number of hydrogen-bond donors (Lipinski definition) is 1. The van der Waals surface area contributed by atoms with E-state index in [2.05, 4.69) is 9.97 Å². The molecule has 2 aromatic rings. The molecule has 1 N–H and O–H groups in total. The molecule has 0 aliphatic carbocycles. The van der Waals surface area contributed by atoms with Crippen molar-refractivity contribution in [3.63, 3.8) is 0 Å². The van der Waals surface area contributed by atoms with Crippen LogP contribution in [0.2, 0.25) is 0 Å². The summed E-state index contributed by atoms with van der Waals surface area (Å²) < 4.78 is 0. The summed E-state index contributed by atoms with van der Waals surface area (Å²) in [5.41, 5.74) is 3.54. The summed E-state index contributed by atoms with van der Waals surface area (Å²) in [5, 5.41) is 0. The molecule has 0 amide bonds. The number of imidazole rings is 1. The standard InChI is InChI=1S/C11H10N2O/c1-8-11(13-7-12-8)10-4-2-3-9(5-10)6-14/h2-7H,1H3,(H,12,13). The van der Waals surface area contributed by atoms with Crippen LogP contribution in [0.4, 0.5) is 0 Å². The van der Waals surface area contributed by atoms with Crippen LogP contribution in [0.15, 0.2) is 30.6 Å². The van der Waals surface area contributed by atoms with Crippen LogP contribution in [0.25, 0.3) is 11.3 Å². The Kier molecular flexibility index (Phi) is 2.14. The molecule has 1 aromatic heterocycles. The first kappa shape index (κ1) is 8.69. The van der Waals surface area contributed by atoms with Crippen molar-refractivity contribution in [2.75, 3.05) is 0 Å². The second kappa shape index (κ2) is 3.46. The zero-order chi connectivity index (χ0) is 9.97. The third kappa shape index (κ3) is 1.44. The first-order chi connectivity index (χ1) is 6.81. The van der Waals surface area contributed by atoms with Crippen molar-refractivity contribution in [1.29, 1.82) is 0 Å². The Hall–Kier alpha value is -1.90. The summed E-state index contributed by atoms with van der Waals surface area (Å²) in [7, 11) is 0.